The molecule has 1 fully saturated rings. The third-order valence-electron chi connectivity index (χ3n) is 3.17. The van der Waals surface area contributed by atoms with Gasteiger partial charge in [0.1, 0.15) is 0 Å². The average molecular weight is 249 g/mol. The van der Waals surface area contributed by atoms with Crippen LogP contribution < -0.4 is 0 Å². The fourth-order valence-corrected chi connectivity index (χ4v) is 4.50. The third kappa shape index (κ3) is 3.43. The van der Waals surface area contributed by atoms with Crippen LogP contribution in [0.2, 0.25) is 0 Å². The van der Waals surface area contributed by atoms with Gasteiger partial charge in [-0.3, -0.25) is 0 Å². The molecule has 0 spiro atoms. The minimum Gasteiger partial charge on any atom is -0.395 e. The minimum atomic E-state index is -3.17. The van der Waals surface area contributed by atoms with Crippen LogP contribution >= 0.6 is 0 Å². The molecule has 0 aliphatic carbocycles. The Bertz CT molecular complexity index is 302. The number of nitrogens with zero attached hydrogens (tertiary/aromatic N) is 1. The van der Waals surface area contributed by atoms with Crippen LogP contribution in [0.15, 0.2) is 0 Å². The van der Waals surface area contributed by atoms with E-state index in [-0.39, 0.29) is 24.3 Å². The molecule has 5 heteroatoms. The summed E-state index contributed by atoms with van der Waals surface area (Å²) in [6.45, 7) is 4.56. The van der Waals surface area contributed by atoms with Crippen molar-refractivity contribution in [1.29, 1.82) is 0 Å². The molecule has 0 bridgehead atoms. The van der Waals surface area contributed by atoms with Crippen LogP contribution in [0.1, 0.15) is 39.5 Å². The third-order valence-corrected chi connectivity index (χ3v) is 5.35. The Morgan fingerprint density at radius 2 is 2.19 bits per heavy atom. The molecule has 0 amide bonds. The van der Waals surface area contributed by atoms with E-state index in [1.807, 2.05) is 6.92 Å². The summed E-state index contributed by atoms with van der Waals surface area (Å²) in [5.41, 5.74) is 0. The summed E-state index contributed by atoms with van der Waals surface area (Å²) in [5, 5.41) is 9.13. The molecule has 0 aromatic carbocycles. The lowest BCUT2D eigenvalue weighted by Gasteiger charge is -2.24. The second kappa shape index (κ2) is 5.98. The van der Waals surface area contributed by atoms with Gasteiger partial charge in [0.15, 0.2) is 0 Å². The zero-order valence-electron chi connectivity index (χ0n) is 10.2. The second-order valence-corrected chi connectivity index (χ2v) is 6.73. The van der Waals surface area contributed by atoms with E-state index in [0.717, 1.165) is 25.7 Å². The Morgan fingerprint density at radius 1 is 1.50 bits per heavy atom. The Kier molecular flexibility index (Phi) is 5.21. The lowest BCUT2D eigenvalue weighted by atomic mass is 10.1. The molecule has 1 N–H and O–H groups in total. The number of aliphatic hydroxyl groups excluding tert-OH is 1. The standard InChI is InChI=1S/C11H23NO3S/c1-3-5-10(2)9-16(14,15)12-7-4-6-11(12)8-13/h10-11,13H,3-9H2,1-2H3/t10?,11-/m1/s1. The zero-order chi connectivity index (χ0) is 12.2. The first kappa shape index (κ1) is 13.9. The molecule has 0 saturated carbocycles. The van der Waals surface area contributed by atoms with Gasteiger partial charge >= 0.3 is 0 Å². The van der Waals surface area contributed by atoms with E-state index >= 15 is 0 Å². The van der Waals surface area contributed by atoms with E-state index in [0.29, 0.717) is 6.54 Å². The predicted octanol–water partition coefficient (Wildman–Crippen LogP) is 1.21. The average Bonchev–Trinajstić information content (AvgIpc) is 2.65. The summed E-state index contributed by atoms with van der Waals surface area (Å²) in [6.07, 6.45) is 3.61. The van der Waals surface area contributed by atoms with Gasteiger partial charge in [-0.25, -0.2) is 8.42 Å². The molecule has 0 radical (unpaired) electrons. The molecule has 0 aromatic rings. The molecule has 2 atom stereocenters. The van der Waals surface area contributed by atoms with Crippen molar-refractivity contribution in [3.8, 4) is 0 Å². The summed E-state index contributed by atoms with van der Waals surface area (Å²) in [6, 6.07) is -0.182. The van der Waals surface area contributed by atoms with Crippen molar-refractivity contribution >= 4 is 10.0 Å². The number of rotatable bonds is 6. The van der Waals surface area contributed by atoms with Crippen LogP contribution in [0, 0.1) is 5.92 Å². The van der Waals surface area contributed by atoms with Gasteiger partial charge in [-0.05, 0) is 25.2 Å². The van der Waals surface area contributed by atoms with Crippen molar-refractivity contribution in [3.05, 3.63) is 0 Å². The van der Waals surface area contributed by atoms with Crippen LogP contribution in [-0.2, 0) is 10.0 Å². The maximum atomic E-state index is 12.1. The van der Waals surface area contributed by atoms with Gasteiger partial charge in [0.2, 0.25) is 10.0 Å². The highest BCUT2D eigenvalue weighted by Crippen LogP contribution is 2.23. The van der Waals surface area contributed by atoms with Gasteiger partial charge in [0, 0.05) is 12.6 Å². The maximum Gasteiger partial charge on any atom is 0.214 e. The topological polar surface area (TPSA) is 57.6 Å². The summed E-state index contributed by atoms with van der Waals surface area (Å²) < 4.78 is 25.7. The lowest BCUT2D eigenvalue weighted by molar-refractivity contribution is 0.213. The Balaban J connectivity index is 2.62. The van der Waals surface area contributed by atoms with E-state index in [9.17, 15) is 8.42 Å². The molecular formula is C11H23NO3S. The van der Waals surface area contributed by atoms with Crippen LogP contribution in [-0.4, -0.2) is 42.8 Å². The van der Waals surface area contributed by atoms with E-state index in [2.05, 4.69) is 6.92 Å². The first-order valence-corrected chi connectivity index (χ1v) is 7.72. The highest BCUT2D eigenvalue weighted by molar-refractivity contribution is 7.89. The Labute approximate surface area is 98.7 Å². The normalized spacial score (nSPS) is 24.8. The highest BCUT2D eigenvalue weighted by Gasteiger charge is 2.34. The van der Waals surface area contributed by atoms with E-state index in [1.165, 1.54) is 4.31 Å². The van der Waals surface area contributed by atoms with Gasteiger partial charge in [0.05, 0.1) is 12.4 Å². The molecule has 1 rings (SSSR count). The summed E-state index contributed by atoms with van der Waals surface area (Å²) in [7, 11) is -3.17. The number of hydrogen-bond acceptors (Lipinski definition) is 3. The van der Waals surface area contributed by atoms with Crippen molar-refractivity contribution < 1.29 is 13.5 Å². The van der Waals surface area contributed by atoms with Crippen LogP contribution in [0.25, 0.3) is 0 Å². The lowest BCUT2D eigenvalue weighted by Crippen LogP contribution is -2.40. The van der Waals surface area contributed by atoms with Gasteiger partial charge in [-0.1, -0.05) is 20.3 Å². The first-order chi connectivity index (χ1) is 7.51. The minimum absolute atomic E-state index is 0.0542. The molecule has 1 heterocycles. The van der Waals surface area contributed by atoms with Gasteiger partial charge < -0.3 is 5.11 Å². The van der Waals surface area contributed by atoms with Crippen molar-refractivity contribution in [1.82, 2.24) is 4.31 Å². The Morgan fingerprint density at radius 3 is 2.75 bits per heavy atom. The molecule has 1 saturated heterocycles. The monoisotopic (exact) mass is 249 g/mol. The smallest absolute Gasteiger partial charge is 0.214 e. The van der Waals surface area contributed by atoms with Crippen molar-refractivity contribution in [2.45, 2.75) is 45.6 Å². The van der Waals surface area contributed by atoms with Crippen molar-refractivity contribution in [3.63, 3.8) is 0 Å². The van der Waals surface area contributed by atoms with Crippen LogP contribution in [0.3, 0.4) is 0 Å². The molecule has 4 nitrogen and oxygen atoms in total. The van der Waals surface area contributed by atoms with Crippen LogP contribution in [0.5, 0.6) is 0 Å². The Hall–Kier alpha value is -0.130. The van der Waals surface area contributed by atoms with E-state index < -0.39 is 10.0 Å². The second-order valence-electron chi connectivity index (χ2n) is 4.76. The molecule has 0 aromatic heterocycles. The number of hydrogen-bond donors (Lipinski definition) is 1. The quantitative estimate of drug-likeness (QED) is 0.770. The van der Waals surface area contributed by atoms with Crippen LogP contribution in [0.4, 0.5) is 0 Å². The van der Waals surface area contributed by atoms with Gasteiger partial charge in [-0.15, -0.1) is 0 Å². The fraction of sp³-hybridized carbons (Fsp3) is 1.00. The predicted molar refractivity (Wildman–Crippen MR) is 64.7 cm³/mol. The van der Waals surface area contributed by atoms with E-state index in [1.54, 1.807) is 0 Å². The molecule has 96 valence electrons. The number of aliphatic hydroxyl groups is 1. The summed E-state index contributed by atoms with van der Waals surface area (Å²) >= 11 is 0. The first-order valence-electron chi connectivity index (χ1n) is 6.11. The zero-order valence-corrected chi connectivity index (χ0v) is 11.0. The molecule has 16 heavy (non-hydrogen) atoms. The SMILES string of the molecule is CCCC(C)CS(=O)(=O)N1CCC[C@@H]1CO. The van der Waals surface area contributed by atoms with Gasteiger partial charge in [0.25, 0.3) is 0 Å². The fourth-order valence-electron chi connectivity index (χ4n) is 2.39. The summed E-state index contributed by atoms with van der Waals surface area (Å²) in [5.74, 6) is 0.423. The van der Waals surface area contributed by atoms with E-state index in [4.69, 9.17) is 5.11 Å². The number of sulfonamides is 1. The van der Waals surface area contributed by atoms with Crippen molar-refractivity contribution in [2.24, 2.45) is 5.92 Å². The molecule has 1 aliphatic heterocycles. The molecule has 1 unspecified atom stereocenters. The maximum absolute atomic E-state index is 12.1. The van der Waals surface area contributed by atoms with Crippen molar-refractivity contribution in [2.75, 3.05) is 18.9 Å². The molecular weight excluding hydrogens is 226 g/mol. The highest BCUT2D eigenvalue weighted by atomic mass is 32.2. The largest absolute Gasteiger partial charge is 0.395 e. The van der Waals surface area contributed by atoms with Gasteiger partial charge in [-0.2, -0.15) is 4.31 Å². The molecule has 1 aliphatic rings. The summed E-state index contributed by atoms with van der Waals surface area (Å²) in [4.78, 5) is 0.